The second-order valence-electron chi connectivity index (χ2n) is 5.48. The van der Waals surface area contributed by atoms with Gasteiger partial charge in [0.15, 0.2) is 5.60 Å². The highest BCUT2D eigenvalue weighted by Crippen LogP contribution is 2.33. The number of hydrogen-bond acceptors (Lipinski definition) is 3. The molecule has 3 nitrogen and oxygen atoms in total. The predicted octanol–water partition coefficient (Wildman–Crippen LogP) is 3.66. The van der Waals surface area contributed by atoms with E-state index in [-0.39, 0.29) is 0 Å². The second-order valence-corrected chi connectivity index (χ2v) is 5.48. The molecule has 1 atom stereocenters. The molecule has 0 radical (unpaired) electrons. The van der Waals surface area contributed by atoms with Gasteiger partial charge in [-0.3, -0.25) is 0 Å². The maximum Gasteiger partial charge on any atom is 0.152 e. The van der Waals surface area contributed by atoms with E-state index in [4.69, 9.17) is 9.47 Å². The first-order valence-corrected chi connectivity index (χ1v) is 7.60. The second kappa shape index (κ2) is 7.21. The van der Waals surface area contributed by atoms with Crippen LogP contribution in [-0.2, 0) is 5.60 Å². The molecule has 1 N–H and O–H groups in total. The molecule has 2 aromatic rings. The van der Waals surface area contributed by atoms with Gasteiger partial charge in [-0.25, -0.2) is 0 Å². The summed E-state index contributed by atoms with van der Waals surface area (Å²) in [5.74, 6) is 7.21. The van der Waals surface area contributed by atoms with Crippen molar-refractivity contribution < 1.29 is 14.6 Å². The Kier molecular flexibility index (Phi) is 5.31. The van der Waals surface area contributed by atoms with Crippen LogP contribution in [-0.4, -0.2) is 18.8 Å². The summed E-state index contributed by atoms with van der Waals surface area (Å²) in [6, 6.07) is 13.2. The highest BCUT2D eigenvalue weighted by Gasteiger charge is 2.25. The average Bonchev–Trinajstić information content (AvgIpc) is 2.54. The minimum atomic E-state index is -1.32. The van der Waals surface area contributed by atoms with Gasteiger partial charge in [0, 0.05) is 17.2 Å². The molecule has 0 heterocycles. The van der Waals surface area contributed by atoms with E-state index >= 15 is 0 Å². The lowest BCUT2D eigenvalue weighted by molar-refractivity contribution is 0.117. The third kappa shape index (κ3) is 4.28. The smallest absolute Gasteiger partial charge is 0.152 e. The molecule has 0 saturated heterocycles. The summed E-state index contributed by atoms with van der Waals surface area (Å²) in [5, 5.41) is 10.8. The number of benzene rings is 2. The molecule has 3 heteroatoms. The van der Waals surface area contributed by atoms with E-state index in [9.17, 15) is 5.11 Å². The third-order valence-corrected chi connectivity index (χ3v) is 3.51. The molecule has 0 fully saturated rings. The Labute approximate surface area is 137 Å². The van der Waals surface area contributed by atoms with E-state index in [2.05, 4.69) is 11.8 Å². The lowest BCUT2D eigenvalue weighted by Crippen LogP contribution is -2.20. The summed E-state index contributed by atoms with van der Waals surface area (Å²) in [6.45, 7) is 6.09. The van der Waals surface area contributed by atoms with Crippen molar-refractivity contribution in [2.24, 2.45) is 0 Å². The van der Waals surface area contributed by atoms with Gasteiger partial charge >= 0.3 is 0 Å². The van der Waals surface area contributed by atoms with Crippen LogP contribution in [0.5, 0.6) is 11.5 Å². The van der Waals surface area contributed by atoms with Gasteiger partial charge in [0.1, 0.15) is 11.5 Å². The summed E-state index contributed by atoms with van der Waals surface area (Å²) in [5.41, 5.74) is 1.35. The van der Waals surface area contributed by atoms with Gasteiger partial charge in [-0.2, -0.15) is 0 Å². The number of ether oxygens (including phenoxy) is 2. The molecule has 2 aromatic carbocycles. The molecule has 1 unspecified atom stereocenters. The summed E-state index contributed by atoms with van der Waals surface area (Å²) >= 11 is 0. The first kappa shape index (κ1) is 16.9. The minimum absolute atomic E-state index is 0.502. The topological polar surface area (TPSA) is 38.7 Å². The molecule has 0 amide bonds. The zero-order valence-corrected chi connectivity index (χ0v) is 14.0. The molecular weight excluding hydrogens is 288 g/mol. The Hall–Kier alpha value is -2.44. The molecule has 0 aliphatic carbocycles. The van der Waals surface area contributed by atoms with Crippen LogP contribution in [0.4, 0.5) is 0 Å². The minimum Gasteiger partial charge on any atom is -0.497 e. The quantitative estimate of drug-likeness (QED) is 0.876. The maximum absolute atomic E-state index is 10.8. The monoisotopic (exact) mass is 310 g/mol. The summed E-state index contributed by atoms with van der Waals surface area (Å²) in [6.07, 6.45) is 0. The molecule has 23 heavy (non-hydrogen) atoms. The summed E-state index contributed by atoms with van der Waals surface area (Å²) in [7, 11) is 1.60. The highest BCUT2D eigenvalue weighted by atomic mass is 16.5. The van der Waals surface area contributed by atoms with Crippen LogP contribution in [0.1, 0.15) is 30.5 Å². The molecule has 0 saturated carbocycles. The molecule has 2 rings (SSSR count). The molecule has 120 valence electrons. The van der Waals surface area contributed by atoms with Gasteiger partial charge in [0.05, 0.1) is 13.7 Å². The molecule has 0 aromatic heterocycles. The molecular formula is C20H22O3. The zero-order valence-electron chi connectivity index (χ0n) is 14.0. The van der Waals surface area contributed by atoms with Gasteiger partial charge in [-0.1, -0.05) is 29.5 Å². The number of rotatable bonds is 4. The first-order chi connectivity index (χ1) is 11.0. The van der Waals surface area contributed by atoms with Gasteiger partial charge in [-0.05, 0) is 45.0 Å². The van der Waals surface area contributed by atoms with E-state index in [1.54, 1.807) is 32.2 Å². The van der Waals surface area contributed by atoms with Crippen LogP contribution in [0, 0.1) is 18.8 Å². The Morgan fingerprint density at radius 1 is 1.13 bits per heavy atom. The number of aliphatic hydroxyl groups is 1. The van der Waals surface area contributed by atoms with Crippen molar-refractivity contribution in [1.82, 2.24) is 0 Å². The van der Waals surface area contributed by atoms with Crippen LogP contribution in [0.25, 0.3) is 0 Å². The van der Waals surface area contributed by atoms with E-state index < -0.39 is 5.60 Å². The SMILES string of the molecule is CCOc1cc(OC)ccc1C(C)(O)C#Cc1ccc(C)cc1. The van der Waals surface area contributed by atoms with Crippen LogP contribution in [0.3, 0.4) is 0 Å². The number of aryl methyl sites for hydroxylation is 1. The maximum atomic E-state index is 10.8. The Bertz CT molecular complexity index is 719. The van der Waals surface area contributed by atoms with Gasteiger partial charge < -0.3 is 14.6 Å². The lowest BCUT2D eigenvalue weighted by Gasteiger charge is -2.21. The molecule has 0 spiro atoms. The van der Waals surface area contributed by atoms with Crippen LogP contribution in [0.15, 0.2) is 42.5 Å². The first-order valence-electron chi connectivity index (χ1n) is 7.60. The Balaban J connectivity index is 2.37. The molecule has 0 aliphatic rings. The Morgan fingerprint density at radius 2 is 1.83 bits per heavy atom. The van der Waals surface area contributed by atoms with E-state index in [0.29, 0.717) is 23.7 Å². The van der Waals surface area contributed by atoms with E-state index in [0.717, 1.165) is 5.56 Å². The lowest BCUT2D eigenvalue weighted by atomic mass is 9.95. The van der Waals surface area contributed by atoms with Crippen molar-refractivity contribution in [3.05, 3.63) is 59.2 Å². The fourth-order valence-corrected chi connectivity index (χ4v) is 2.20. The van der Waals surface area contributed by atoms with Gasteiger partial charge in [0.2, 0.25) is 0 Å². The largest absolute Gasteiger partial charge is 0.497 e. The average molecular weight is 310 g/mol. The van der Waals surface area contributed by atoms with Crippen molar-refractivity contribution in [3.63, 3.8) is 0 Å². The van der Waals surface area contributed by atoms with E-state index in [1.807, 2.05) is 38.1 Å². The third-order valence-electron chi connectivity index (χ3n) is 3.51. The standard InChI is InChI=1S/C20H22O3/c1-5-23-19-14-17(22-4)10-11-18(19)20(3,21)13-12-16-8-6-15(2)7-9-16/h6-11,14,21H,5H2,1-4H3. The molecule has 0 bridgehead atoms. The predicted molar refractivity (Wildman–Crippen MR) is 91.8 cm³/mol. The fourth-order valence-electron chi connectivity index (χ4n) is 2.20. The summed E-state index contributed by atoms with van der Waals surface area (Å²) < 4.78 is 10.8. The van der Waals surface area contributed by atoms with Crippen molar-refractivity contribution in [2.75, 3.05) is 13.7 Å². The normalized spacial score (nSPS) is 12.7. The highest BCUT2D eigenvalue weighted by molar-refractivity contribution is 5.48. The fraction of sp³-hybridized carbons (Fsp3) is 0.300. The van der Waals surface area contributed by atoms with Crippen LogP contribution < -0.4 is 9.47 Å². The Morgan fingerprint density at radius 3 is 2.43 bits per heavy atom. The number of hydrogen-bond donors (Lipinski definition) is 1. The van der Waals surface area contributed by atoms with E-state index in [1.165, 1.54) is 5.56 Å². The van der Waals surface area contributed by atoms with Crippen molar-refractivity contribution in [3.8, 4) is 23.3 Å². The van der Waals surface area contributed by atoms with Crippen molar-refractivity contribution in [1.29, 1.82) is 0 Å². The van der Waals surface area contributed by atoms with Gasteiger partial charge in [-0.15, -0.1) is 0 Å². The van der Waals surface area contributed by atoms with Gasteiger partial charge in [0.25, 0.3) is 0 Å². The summed E-state index contributed by atoms with van der Waals surface area (Å²) in [4.78, 5) is 0. The van der Waals surface area contributed by atoms with Crippen molar-refractivity contribution >= 4 is 0 Å². The van der Waals surface area contributed by atoms with Crippen molar-refractivity contribution in [2.45, 2.75) is 26.4 Å². The van der Waals surface area contributed by atoms with Crippen LogP contribution >= 0.6 is 0 Å². The molecule has 0 aliphatic heterocycles. The number of methoxy groups -OCH3 is 1. The van der Waals surface area contributed by atoms with Crippen LogP contribution in [0.2, 0.25) is 0 Å². The zero-order chi connectivity index (χ0) is 16.9.